The van der Waals surface area contributed by atoms with Crippen LogP contribution in [0.25, 0.3) is 0 Å². The highest BCUT2D eigenvalue weighted by Crippen LogP contribution is 2.20. The van der Waals surface area contributed by atoms with Gasteiger partial charge in [-0.2, -0.15) is 0 Å². The Kier molecular flexibility index (Phi) is 2.51. The van der Waals surface area contributed by atoms with E-state index in [4.69, 9.17) is 11.6 Å². The highest BCUT2D eigenvalue weighted by atomic mass is 35.5. The van der Waals surface area contributed by atoms with Crippen molar-refractivity contribution in [3.8, 4) is 0 Å². The number of halogens is 2. The molecule has 1 fully saturated rings. The Labute approximate surface area is 82.1 Å². The summed E-state index contributed by atoms with van der Waals surface area (Å²) in [5.41, 5.74) is 1.02. The Hall–Kier alpha value is -0.600. The van der Waals surface area contributed by atoms with Crippen LogP contribution >= 0.6 is 11.6 Å². The zero-order chi connectivity index (χ0) is 9.26. The van der Waals surface area contributed by atoms with E-state index in [0.29, 0.717) is 5.02 Å². The van der Waals surface area contributed by atoms with E-state index in [1.807, 2.05) is 0 Å². The normalized spacial score (nSPS) is 17.1. The molecule has 0 bridgehead atoms. The van der Waals surface area contributed by atoms with Gasteiger partial charge in [0, 0.05) is 11.6 Å². The fraction of sp³-hybridized carbons (Fsp3) is 0.400. The minimum Gasteiger partial charge on any atom is -0.299 e. The molecule has 13 heavy (non-hydrogen) atoms. The SMILES string of the molecule is Fc1ccc(CN2CCC2)c(Cl)c1. The Bertz CT molecular complexity index is 310. The predicted octanol–water partition coefficient (Wildman–Crippen LogP) is 2.68. The molecule has 0 radical (unpaired) electrons. The zero-order valence-electron chi connectivity index (χ0n) is 7.26. The van der Waals surface area contributed by atoms with Gasteiger partial charge in [-0.3, -0.25) is 4.90 Å². The van der Waals surface area contributed by atoms with Crippen LogP contribution in [0.3, 0.4) is 0 Å². The third-order valence-electron chi connectivity index (χ3n) is 2.36. The number of likely N-dealkylation sites (tertiary alicyclic amines) is 1. The summed E-state index contributed by atoms with van der Waals surface area (Å²) < 4.78 is 12.7. The summed E-state index contributed by atoms with van der Waals surface area (Å²) in [6.07, 6.45) is 1.26. The van der Waals surface area contributed by atoms with Crippen molar-refractivity contribution >= 4 is 11.6 Å². The molecule has 0 saturated carbocycles. The summed E-state index contributed by atoms with van der Waals surface area (Å²) in [5, 5.41) is 0.534. The molecule has 0 aromatic heterocycles. The lowest BCUT2D eigenvalue weighted by Crippen LogP contribution is -2.36. The summed E-state index contributed by atoms with van der Waals surface area (Å²) in [7, 11) is 0. The third kappa shape index (κ3) is 2.01. The summed E-state index contributed by atoms with van der Waals surface area (Å²) in [5.74, 6) is -0.266. The second kappa shape index (κ2) is 3.64. The van der Waals surface area contributed by atoms with Gasteiger partial charge in [0.05, 0.1) is 0 Å². The van der Waals surface area contributed by atoms with Crippen LogP contribution in [0.1, 0.15) is 12.0 Å². The zero-order valence-corrected chi connectivity index (χ0v) is 8.02. The smallest absolute Gasteiger partial charge is 0.124 e. The van der Waals surface area contributed by atoms with Gasteiger partial charge in [-0.05, 0) is 37.2 Å². The van der Waals surface area contributed by atoms with Crippen molar-refractivity contribution in [3.05, 3.63) is 34.6 Å². The molecule has 3 heteroatoms. The van der Waals surface area contributed by atoms with E-state index in [2.05, 4.69) is 4.90 Å². The van der Waals surface area contributed by atoms with Gasteiger partial charge in [0.15, 0.2) is 0 Å². The summed E-state index contributed by atoms with van der Waals surface area (Å²) in [6.45, 7) is 3.11. The quantitative estimate of drug-likeness (QED) is 0.708. The first-order valence-corrected chi connectivity index (χ1v) is 4.80. The van der Waals surface area contributed by atoms with Crippen LogP contribution in [0.2, 0.25) is 5.02 Å². The van der Waals surface area contributed by atoms with E-state index in [9.17, 15) is 4.39 Å². The summed E-state index contributed by atoms with van der Waals surface area (Å²) >= 11 is 5.89. The van der Waals surface area contributed by atoms with E-state index < -0.39 is 0 Å². The van der Waals surface area contributed by atoms with Crippen molar-refractivity contribution < 1.29 is 4.39 Å². The third-order valence-corrected chi connectivity index (χ3v) is 2.71. The maximum absolute atomic E-state index is 12.7. The Morgan fingerprint density at radius 3 is 2.69 bits per heavy atom. The number of benzene rings is 1. The molecule has 70 valence electrons. The molecule has 1 saturated heterocycles. The molecule has 1 aromatic rings. The first-order chi connectivity index (χ1) is 6.25. The van der Waals surface area contributed by atoms with Crippen molar-refractivity contribution in [1.29, 1.82) is 0 Å². The largest absolute Gasteiger partial charge is 0.299 e. The fourth-order valence-corrected chi connectivity index (χ4v) is 1.66. The lowest BCUT2D eigenvalue weighted by atomic mass is 10.1. The second-order valence-electron chi connectivity index (χ2n) is 3.37. The van der Waals surface area contributed by atoms with Gasteiger partial charge in [-0.25, -0.2) is 4.39 Å². The molecule has 0 atom stereocenters. The minimum atomic E-state index is -0.266. The molecule has 1 aromatic carbocycles. The average Bonchev–Trinajstić information content (AvgIpc) is 1.99. The Balaban J connectivity index is 2.10. The van der Waals surface area contributed by atoms with E-state index in [1.165, 1.54) is 18.6 Å². The maximum atomic E-state index is 12.7. The Morgan fingerprint density at radius 2 is 2.15 bits per heavy atom. The first kappa shape index (κ1) is 8.97. The molecule has 0 spiro atoms. The molecule has 1 aliphatic heterocycles. The van der Waals surface area contributed by atoms with Gasteiger partial charge in [0.1, 0.15) is 5.82 Å². The summed E-state index contributed by atoms with van der Waals surface area (Å²) in [4.78, 5) is 2.29. The van der Waals surface area contributed by atoms with Crippen molar-refractivity contribution in [2.45, 2.75) is 13.0 Å². The van der Waals surface area contributed by atoms with Crippen LogP contribution < -0.4 is 0 Å². The van der Waals surface area contributed by atoms with E-state index in [-0.39, 0.29) is 5.82 Å². The molecule has 1 nitrogen and oxygen atoms in total. The first-order valence-electron chi connectivity index (χ1n) is 4.42. The van der Waals surface area contributed by atoms with Crippen LogP contribution in [-0.4, -0.2) is 18.0 Å². The summed E-state index contributed by atoms with van der Waals surface area (Å²) in [6, 6.07) is 4.59. The number of hydrogen-bond acceptors (Lipinski definition) is 1. The highest BCUT2D eigenvalue weighted by molar-refractivity contribution is 6.31. The van der Waals surface area contributed by atoms with Crippen molar-refractivity contribution in [3.63, 3.8) is 0 Å². The fourth-order valence-electron chi connectivity index (χ4n) is 1.43. The van der Waals surface area contributed by atoms with Crippen LogP contribution in [0.5, 0.6) is 0 Å². The number of rotatable bonds is 2. The number of hydrogen-bond donors (Lipinski definition) is 0. The van der Waals surface area contributed by atoms with Crippen molar-refractivity contribution in [2.24, 2.45) is 0 Å². The minimum absolute atomic E-state index is 0.266. The molecule has 0 unspecified atom stereocenters. The van der Waals surface area contributed by atoms with Crippen LogP contribution in [0.4, 0.5) is 4.39 Å². The molecule has 1 aliphatic rings. The topological polar surface area (TPSA) is 3.24 Å². The molecule has 0 aliphatic carbocycles. The molecule has 0 N–H and O–H groups in total. The average molecular weight is 200 g/mol. The van der Waals surface area contributed by atoms with Gasteiger partial charge in [-0.15, -0.1) is 0 Å². The van der Waals surface area contributed by atoms with Crippen molar-refractivity contribution in [2.75, 3.05) is 13.1 Å². The predicted molar refractivity (Wildman–Crippen MR) is 51.3 cm³/mol. The van der Waals surface area contributed by atoms with Gasteiger partial charge in [-0.1, -0.05) is 17.7 Å². The highest BCUT2D eigenvalue weighted by Gasteiger charge is 2.15. The molecule has 2 rings (SSSR count). The second-order valence-corrected chi connectivity index (χ2v) is 3.77. The molecule has 0 amide bonds. The molecular formula is C10H11ClFN. The van der Waals surface area contributed by atoms with Crippen LogP contribution in [0.15, 0.2) is 18.2 Å². The van der Waals surface area contributed by atoms with E-state index in [1.54, 1.807) is 6.07 Å². The maximum Gasteiger partial charge on any atom is 0.124 e. The number of nitrogens with zero attached hydrogens (tertiary/aromatic N) is 1. The Morgan fingerprint density at radius 1 is 1.38 bits per heavy atom. The lowest BCUT2D eigenvalue weighted by molar-refractivity contribution is 0.172. The van der Waals surface area contributed by atoms with Gasteiger partial charge in [0.25, 0.3) is 0 Å². The standard InChI is InChI=1S/C10H11ClFN/c11-10-6-9(12)3-2-8(10)7-13-4-1-5-13/h2-3,6H,1,4-5,7H2. The lowest BCUT2D eigenvalue weighted by Gasteiger charge is -2.30. The van der Waals surface area contributed by atoms with Gasteiger partial charge < -0.3 is 0 Å². The molecule has 1 heterocycles. The van der Waals surface area contributed by atoms with Crippen molar-refractivity contribution in [1.82, 2.24) is 4.90 Å². The monoisotopic (exact) mass is 199 g/mol. The van der Waals surface area contributed by atoms with E-state index >= 15 is 0 Å². The molecular weight excluding hydrogens is 189 g/mol. The van der Waals surface area contributed by atoms with E-state index in [0.717, 1.165) is 25.2 Å². The van der Waals surface area contributed by atoms with Crippen LogP contribution in [0, 0.1) is 5.82 Å². The van der Waals surface area contributed by atoms with Gasteiger partial charge in [0.2, 0.25) is 0 Å². The van der Waals surface area contributed by atoms with Gasteiger partial charge >= 0.3 is 0 Å². The van der Waals surface area contributed by atoms with Crippen LogP contribution in [-0.2, 0) is 6.54 Å².